The summed E-state index contributed by atoms with van der Waals surface area (Å²) in [4.78, 5) is 4.18. The van der Waals surface area contributed by atoms with Crippen LogP contribution in [0, 0.1) is 6.92 Å². The number of hydrogen-bond donors (Lipinski definition) is 0. The Morgan fingerprint density at radius 3 is 3.00 bits per heavy atom. The second kappa shape index (κ2) is 3.55. The van der Waals surface area contributed by atoms with Gasteiger partial charge in [-0.1, -0.05) is 0 Å². The highest BCUT2D eigenvalue weighted by molar-refractivity contribution is 9.11. The van der Waals surface area contributed by atoms with Crippen LogP contribution in [0.2, 0.25) is 0 Å². The number of nitrogens with zero attached hydrogens (tertiary/aromatic N) is 4. The largest absolute Gasteiger partial charge is 0.265 e. The zero-order chi connectivity index (χ0) is 9.26. The van der Waals surface area contributed by atoms with Gasteiger partial charge in [-0.15, -0.1) is 0 Å². The van der Waals surface area contributed by atoms with E-state index in [0.717, 1.165) is 15.3 Å². The van der Waals surface area contributed by atoms with Crippen molar-refractivity contribution in [2.45, 2.75) is 13.5 Å². The predicted molar refractivity (Wildman–Crippen MR) is 53.7 cm³/mol. The van der Waals surface area contributed by atoms with E-state index in [1.54, 1.807) is 0 Å². The lowest BCUT2D eigenvalue weighted by Gasteiger charge is -1.94. The summed E-state index contributed by atoms with van der Waals surface area (Å²) in [5, 5.41) is 4.15. The van der Waals surface area contributed by atoms with Crippen LogP contribution in [-0.2, 0) is 6.54 Å². The topological polar surface area (TPSA) is 43.6 Å². The summed E-state index contributed by atoms with van der Waals surface area (Å²) in [6, 6.07) is 0. The lowest BCUT2D eigenvalue weighted by atomic mass is 10.4. The molecule has 0 aromatic carbocycles. The van der Waals surface area contributed by atoms with Gasteiger partial charge in [0.1, 0.15) is 6.54 Å². The Bertz CT molecular complexity index is 370. The molecule has 0 amide bonds. The molecular weight excluding hydrogens is 252 g/mol. The number of rotatable bonds is 2. The molecule has 2 aromatic heterocycles. The second-order valence-electron chi connectivity index (χ2n) is 2.68. The molecule has 0 fully saturated rings. The maximum atomic E-state index is 4.18. The first-order chi connectivity index (χ1) is 6.24. The van der Waals surface area contributed by atoms with Gasteiger partial charge in [0.15, 0.2) is 9.74 Å². The van der Waals surface area contributed by atoms with Crippen molar-refractivity contribution in [3.05, 3.63) is 27.7 Å². The minimum Gasteiger partial charge on any atom is -0.265 e. The number of hydrogen-bond acceptors (Lipinski definition) is 4. The molecule has 2 heterocycles. The van der Waals surface area contributed by atoms with Gasteiger partial charge in [-0.05, 0) is 39.9 Å². The van der Waals surface area contributed by atoms with Crippen molar-refractivity contribution in [2.24, 2.45) is 0 Å². The SMILES string of the molecule is Cc1cnn(Cc2nsc(Br)n2)c1. The molecule has 68 valence electrons. The molecule has 6 heteroatoms. The molecule has 2 rings (SSSR count). The molecule has 0 bridgehead atoms. The van der Waals surface area contributed by atoms with Gasteiger partial charge in [0.25, 0.3) is 0 Å². The summed E-state index contributed by atoms with van der Waals surface area (Å²) in [6.07, 6.45) is 3.79. The summed E-state index contributed by atoms with van der Waals surface area (Å²) >= 11 is 4.61. The molecule has 0 aliphatic heterocycles. The highest BCUT2D eigenvalue weighted by Gasteiger charge is 2.02. The van der Waals surface area contributed by atoms with E-state index in [9.17, 15) is 0 Å². The normalized spacial score (nSPS) is 10.6. The molecular formula is C7H7BrN4S. The Kier molecular flexibility index (Phi) is 2.41. The van der Waals surface area contributed by atoms with Crippen LogP contribution in [0.4, 0.5) is 0 Å². The van der Waals surface area contributed by atoms with Crippen molar-refractivity contribution in [3.8, 4) is 0 Å². The van der Waals surface area contributed by atoms with Crippen LogP contribution in [0.1, 0.15) is 11.4 Å². The first-order valence-corrected chi connectivity index (χ1v) is 5.28. The van der Waals surface area contributed by atoms with Gasteiger partial charge in [-0.25, -0.2) is 4.98 Å². The molecule has 0 N–H and O–H groups in total. The third-order valence-corrected chi connectivity index (χ3v) is 2.66. The maximum absolute atomic E-state index is 4.18. The number of aromatic nitrogens is 4. The maximum Gasteiger partial charge on any atom is 0.179 e. The monoisotopic (exact) mass is 258 g/mol. The van der Waals surface area contributed by atoms with Crippen LogP contribution in [0.25, 0.3) is 0 Å². The van der Waals surface area contributed by atoms with Gasteiger partial charge in [0, 0.05) is 6.20 Å². The van der Waals surface area contributed by atoms with Crippen molar-refractivity contribution in [3.63, 3.8) is 0 Å². The molecule has 0 saturated heterocycles. The second-order valence-corrected chi connectivity index (χ2v) is 4.71. The molecule has 2 aromatic rings. The van der Waals surface area contributed by atoms with Gasteiger partial charge >= 0.3 is 0 Å². The lowest BCUT2D eigenvalue weighted by Crippen LogP contribution is -2.01. The minimum absolute atomic E-state index is 0.635. The average molecular weight is 259 g/mol. The highest BCUT2D eigenvalue weighted by Crippen LogP contribution is 2.12. The van der Waals surface area contributed by atoms with Crippen LogP contribution in [0.5, 0.6) is 0 Å². The van der Waals surface area contributed by atoms with E-state index in [1.165, 1.54) is 11.5 Å². The fourth-order valence-corrected chi connectivity index (χ4v) is 1.84. The van der Waals surface area contributed by atoms with Crippen molar-refractivity contribution in [2.75, 3.05) is 0 Å². The number of halogens is 1. The quantitative estimate of drug-likeness (QED) is 0.826. The first kappa shape index (κ1) is 8.83. The van der Waals surface area contributed by atoms with Gasteiger partial charge in [0.05, 0.1) is 6.20 Å². The Morgan fingerprint density at radius 2 is 2.46 bits per heavy atom. The van der Waals surface area contributed by atoms with Crippen molar-refractivity contribution in [1.82, 2.24) is 19.1 Å². The van der Waals surface area contributed by atoms with Crippen LogP contribution >= 0.6 is 27.5 Å². The van der Waals surface area contributed by atoms with Gasteiger partial charge in [-0.2, -0.15) is 9.47 Å². The van der Waals surface area contributed by atoms with Crippen LogP contribution in [0.3, 0.4) is 0 Å². The van der Waals surface area contributed by atoms with Crippen LogP contribution in [-0.4, -0.2) is 19.1 Å². The highest BCUT2D eigenvalue weighted by atomic mass is 79.9. The van der Waals surface area contributed by atoms with E-state index < -0.39 is 0 Å². The van der Waals surface area contributed by atoms with E-state index in [4.69, 9.17) is 0 Å². The van der Waals surface area contributed by atoms with Gasteiger partial charge in [-0.3, -0.25) is 4.68 Å². The fraction of sp³-hybridized carbons (Fsp3) is 0.286. The lowest BCUT2D eigenvalue weighted by molar-refractivity contribution is 0.662. The molecule has 0 saturated carbocycles. The van der Waals surface area contributed by atoms with Crippen LogP contribution < -0.4 is 0 Å². The molecule has 0 aliphatic rings. The fourth-order valence-electron chi connectivity index (χ4n) is 0.995. The van der Waals surface area contributed by atoms with Crippen molar-refractivity contribution in [1.29, 1.82) is 0 Å². The summed E-state index contributed by atoms with van der Waals surface area (Å²) in [5.41, 5.74) is 1.15. The smallest absolute Gasteiger partial charge is 0.179 e. The standard InChI is InChI=1S/C7H7BrN4S/c1-5-2-9-12(3-5)4-6-10-7(8)13-11-6/h2-3H,4H2,1H3. The predicted octanol–water partition coefficient (Wildman–Crippen LogP) is 1.85. The molecule has 0 spiro atoms. The van der Waals surface area contributed by atoms with Crippen molar-refractivity contribution < 1.29 is 0 Å². The summed E-state index contributed by atoms with van der Waals surface area (Å²) < 4.78 is 6.78. The third-order valence-electron chi connectivity index (χ3n) is 1.51. The Balaban J connectivity index is 2.14. The van der Waals surface area contributed by atoms with E-state index in [0.29, 0.717) is 6.54 Å². The zero-order valence-electron chi connectivity index (χ0n) is 6.94. The Hall–Kier alpha value is -0.750. The molecule has 4 nitrogen and oxygen atoms in total. The van der Waals surface area contributed by atoms with Gasteiger partial charge < -0.3 is 0 Å². The molecule has 13 heavy (non-hydrogen) atoms. The van der Waals surface area contributed by atoms with E-state index in [2.05, 4.69) is 30.4 Å². The van der Waals surface area contributed by atoms with Crippen LogP contribution in [0.15, 0.2) is 16.3 Å². The molecule has 0 radical (unpaired) electrons. The minimum atomic E-state index is 0.635. The molecule has 0 atom stereocenters. The molecule has 0 unspecified atom stereocenters. The average Bonchev–Trinajstić information content (AvgIpc) is 2.62. The van der Waals surface area contributed by atoms with Crippen molar-refractivity contribution >= 4 is 27.5 Å². The van der Waals surface area contributed by atoms with E-state index >= 15 is 0 Å². The zero-order valence-corrected chi connectivity index (χ0v) is 9.34. The summed E-state index contributed by atoms with van der Waals surface area (Å²) in [5.74, 6) is 0.792. The Labute approximate surface area is 87.9 Å². The van der Waals surface area contributed by atoms with Gasteiger partial charge in [0.2, 0.25) is 0 Å². The number of aryl methyl sites for hydroxylation is 1. The summed E-state index contributed by atoms with van der Waals surface area (Å²) in [7, 11) is 0. The Morgan fingerprint density at radius 1 is 1.62 bits per heavy atom. The third kappa shape index (κ3) is 2.13. The first-order valence-electron chi connectivity index (χ1n) is 3.71. The molecule has 0 aliphatic carbocycles. The van der Waals surface area contributed by atoms with E-state index in [1.807, 2.05) is 24.0 Å². The summed E-state index contributed by atoms with van der Waals surface area (Å²) in [6.45, 7) is 2.64. The van der Waals surface area contributed by atoms with E-state index in [-0.39, 0.29) is 0 Å².